The normalized spacial score (nSPS) is 10.4. The molecule has 2 rings (SSSR count). The highest BCUT2D eigenvalue weighted by molar-refractivity contribution is 5.89. The summed E-state index contributed by atoms with van der Waals surface area (Å²) in [6.07, 6.45) is 0. The van der Waals surface area contributed by atoms with Crippen LogP contribution in [0.3, 0.4) is 0 Å². The van der Waals surface area contributed by atoms with Gasteiger partial charge in [0.15, 0.2) is 0 Å². The molecule has 0 aliphatic rings. The maximum atomic E-state index is 13.4. The van der Waals surface area contributed by atoms with Crippen LogP contribution < -0.4 is 10.6 Å². The van der Waals surface area contributed by atoms with Gasteiger partial charge in [0, 0.05) is 24.8 Å². The first-order valence-electron chi connectivity index (χ1n) is 6.27. The Morgan fingerprint density at radius 1 is 1.35 bits per heavy atom. The summed E-state index contributed by atoms with van der Waals surface area (Å²) in [5.41, 5.74) is 2.99. The van der Waals surface area contributed by atoms with E-state index < -0.39 is 11.8 Å². The average Bonchev–Trinajstić information content (AvgIpc) is 2.64. The van der Waals surface area contributed by atoms with E-state index in [1.165, 1.54) is 12.1 Å². The molecule has 0 saturated heterocycles. The van der Waals surface area contributed by atoms with Crippen LogP contribution >= 0.6 is 0 Å². The second-order valence-corrected chi connectivity index (χ2v) is 4.56. The van der Waals surface area contributed by atoms with Gasteiger partial charge in [0.2, 0.25) is 0 Å². The van der Waals surface area contributed by atoms with E-state index in [0.29, 0.717) is 6.54 Å². The first-order chi connectivity index (χ1) is 9.49. The van der Waals surface area contributed by atoms with Gasteiger partial charge in [0.25, 0.3) is 0 Å². The minimum absolute atomic E-state index is 0.157. The van der Waals surface area contributed by atoms with E-state index in [4.69, 9.17) is 0 Å². The van der Waals surface area contributed by atoms with Gasteiger partial charge in [0.1, 0.15) is 5.82 Å². The van der Waals surface area contributed by atoms with Gasteiger partial charge in [-0.25, -0.2) is 9.18 Å². The van der Waals surface area contributed by atoms with E-state index in [-0.39, 0.29) is 5.69 Å². The molecule has 0 atom stereocenters. The third-order valence-electron chi connectivity index (χ3n) is 3.21. The van der Waals surface area contributed by atoms with Crippen molar-refractivity contribution < 1.29 is 9.18 Å². The summed E-state index contributed by atoms with van der Waals surface area (Å²) in [5.74, 6) is -0.462. The van der Waals surface area contributed by atoms with Crippen molar-refractivity contribution in [3.63, 3.8) is 0 Å². The molecular weight excluding hydrogens is 259 g/mol. The molecule has 0 aliphatic carbocycles. The molecule has 2 N–H and O–H groups in total. The maximum absolute atomic E-state index is 13.4. The van der Waals surface area contributed by atoms with E-state index >= 15 is 0 Å². The number of para-hydroxylation sites is 1. The van der Waals surface area contributed by atoms with Crippen LogP contribution in [0.15, 0.2) is 24.3 Å². The van der Waals surface area contributed by atoms with E-state index in [1.54, 1.807) is 16.8 Å². The number of nitrogens with one attached hydrogen (secondary N) is 2. The van der Waals surface area contributed by atoms with Gasteiger partial charge in [0.05, 0.1) is 11.4 Å². The Kier molecular flexibility index (Phi) is 4.02. The zero-order chi connectivity index (χ0) is 14.7. The van der Waals surface area contributed by atoms with Crippen LogP contribution in [0.2, 0.25) is 0 Å². The quantitative estimate of drug-likeness (QED) is 0.905. The number of hydrogen-bond donors (Lipinski definition) is 2. The van der Waals surface area contributed by atoms with Crippen molar-refractivity contribution >= 4 is 11.7 Å². The number of hydrogen-bond acceptors (Lipinski definition) is 2. The zero-order valence-electron chi connectivity index (χ0n) is 11.7. The molecular formula is C14H17FN4O. The number of aryl methyl sites for hydroxylation is 2. The molecule has 20 heavy (non-hydrogen) atoms. The van der Waals surface area contributed by atoms with Gasteiger partial charge in [-0.15, -0.1) is 0 Å². The highest BCUT2D eigenvalue weighted by Crippen LogP contribution is 2.13. The average molecular weight is 276 g/mol. The summed E-state index contributed by atoms with van der Waals surface area (Å²) in [6, 6.07) is 5.59. The number of urea groups is 1. The highest BCUT2D eigenvalue weighted by Gasteiger charge is 2.11. The predicted molar refractivity (Wildman–Crippen MR) is 74.9 cm³/mol. The lowest BCUT2D eigenvalue weighted by Crippen LogP contribution is -2.29. The Balaban J connectivity index is 1.98. The van der Waals surface area contributed by atoms with E-state index in [0.717, 1.165) is 17.0 Å². The lowest BCUT2D eigenvalue weighted by Gasteiger charge is -2.08. The molecule has 0 fully saturated rings. The molecule has 2 aromatic rings. The third kappa shape index (κ3) is 2.96. The molecule has 106 valence electrons. The molecule has 1 aromatic carbocycles. The van der Waals surface area contributed by atoms with E-state index in [1.807, 2.05) is 20.9 Å². The Labute approximate surface area is 116 Å². The smallest absolute Gasteiger partial charge is 0.319 e. The van der Waals surface area contributed by atoms with Crippen molar-refractivity contribution in [2.75, 3.05) is 5.32 Å². The minimum atomic E-state index is -0.462. The van der Waals surface area contributed by atoms with E-state index in [2.05, 4.69) is 15.7 Å². The van der Waals surface area contributed by atoms with Gasteiger partial charge < -0.3 is 10.6 Å². The lowest BCUT2D eigenvalue weighted by molar-refractivity contribution is 0.251. The van der Waals surface area contributed by atoms with E-state index in [9.17, 15) is 9.18 Å². The summed E-state index contributed by atoms with van der Waals surface area (Å²) in [5, 5.41) is 9.45. The Morgan fingerprint density at radius 3 is 2.65 bits per heavy atom. The number of carbonyl (C=O) groups excluding carboxylic acids is 1. The van der Waals surface area contributed by atoms with Crippen LogP contribution in [0.25, 0.3) is 0 Å². The number of anilines is 1. The van der Waals surface area contributed by atoms with Gasteiger partial charge in [-0.05, 0) is 26.0 Å². The number of amides is 2. The molecule has 1 aromatic heterocycles. The maximum Gasteiger partial charge on any atom is 0.319 e. The van der Waals surface area contributed by atoms with Gasteiger partial charge in [-0.2, -0.15) is 5.10 Å². The van der Waals surface area contributed by atoms with Crippen molar-refractivity contribution in [2.45, 2.75) is 20.4 Å². The van der Waals surface area contributed by atoms with Crippen LogP contribution in [0.1, 0.15) is 17.0 Å². The third-order valence-corrected chi connectivity index (χ3v) is 3.21. The van der Waals surface area contributed by atoms with Crippen LogP contribution in [-0.4, -0.2) is 15.8 Å². The zero-order valence-corrected chi connectivity index (χ0v) is 11.7. The number of aromatic nitrogens is 2. The summed E-state index contributed by atoms with van der Waals surface area (Å²) >= 11 is 0. The topological polar surface area (TPSA) is 59.0 Å². The van der Waals surface area contributed by atoms with Gasteiger partial charge in [-0.3, -0.25) is 4.68 Å². The number of halogens is 1. The fourth-order valence-electron chi connectivity index (χ4n) is 1.97. The van der Waals surface area contributed by atoms with Crippen molar-refractivity contribution in [1.29, 1.82) is 0 Å². The number of benzene rings is 1. The second kappa shape index (κ2) is 5.73. The fourth-order valence-corrected chi connectivity index (χ4v) is 1.97. The Morgan fingerprint density at radius 2 is 2.05 bits per heavy atom. The van der Waals surface area contributed by atoms with Crippen LogP contribution in [0, 0.1) is 19.7 Å². The summed E-state index contributed by atoms with van der Waals surface area (Å²) < 4.78 is 15.2. The summed E-state index contributed by atoms with van der Waals surface area (Å²) in [4.78, 5) is 11.8. The van der Waals surface area contributed by atoms with Crippen LogP contribution in [0.4, 0.5) is 14.9 Å². The molecule has 6 heteroatoms. The molecule has 0 aliphatic heterocycles. The molecule has 2 amide bonds. The minimum Gasteiger partial charge on any atom is -0.334 e. The number of carbonyl (C=O) groups is 1. The van der Waals surface area contributed by atoms with Crippen molar-refractivity contribution in [3.05, 3.63) is 47.0 Å². The second-order valence-electron chi connectivity index (χ2n) is 4.56. The van der Waals surface area contributed by atoms with Gasteiger partial charge in [-0.1, -0.05) is 12.1 Å². The fraction of sp³-hybridized carbons (Fsp3) is 0.286. The standard InChI is InChI=1S/C14H17FN4O/c1-9-11(10(2)19(3)18-9)8-16-14(20)17-13-7-5-4-6-12(13)15/h4-7H,8H2,1-3H3,(H2,16,17,20). The van der Waals surface area contributed by atoms with Crippen LogP contribution in [0.5, 0.6) is 0 Å². The molecule has 0 bridgehead atoms. The first kappa shape index (κ1) is 14.0. The Bertz CT molecular complexity index is 636. The molecule has 1 heterocycles. The molecule has 0 radical (unpaired) electrons. The number of nitrogens with zero attached hydrogens (tertiary/aromatic N) is 2. The Hall–Kier alpha value is -2.37. The highest BCUT2D eigenvalue weighted by atomic mass is 19.1. The molecule has 5 nitrogen and oxygen atoms in total. The molecule has 0 saturated carbocycles. The summed E-state index contributed by atoms with van der Waals surface area (Å²) in [7, 11) is 1.85. The largest absolute Gasteiger partial charge is 0.334 e. The van der Waals surface area contributed by atoms with Crippen molar-refractivity contribution in [1.82, 2.24) is 15.1 Å². The summed E-state index contributed by atoms with van der Waals surface area (Å²) in [6.45, 7) is 4.18. The molecule has 0 unspecified atom stereocenters. The monoisotopic (exact) mass is 276 g/mol. The lowest BCUT2D eigenvalue weighted by atomic mass is 10.2. The SMILES string of the molecule is Cc1nn(C)c(C)c1CNC(=O)Nc1ccccc1F. The molecule has 0 spiro atoms. The van der Waals surface area contributed by atoms with Crippen LogP contribution in [-0.2, 0) is 13.6 Å². The predicted octanol–water partition coefficient (Wildman–Crippen LogP) is 2.50. The first-order valence-corrected chi connectivity index (χ1v) is 6.27. The van der Waals surface area contributed by atoms with Crippen molar-refractivity contribution in [3.8, 4) is 0 Å². The number of rotatable bonds is 3. The van der Waals surface area contributed by atoms with Gasteiger partial charge >= 0.3 is 6.03 Å². The van der Waals surface area contributed by atoms with Crippen molar-refractivity contribution in [2.24, 2.45) is 7.05 Å².